The summed E-state index contributed by atoms with van der Waals surface area (Å²) in [6.07, 6.45) is 0. The van der Waals surface area contributed by atoms with E-state index in [-0.39, 0.29) is 10.7 Å². The van der Waals surface area contributed by atoms with Gasteiger partial charge >= 0.3 is 5.00 Å². The SMILES string of the molecule is O=[N+]([O-])c1ccc(Sc2sccc2[N+](=O)[O-])s1. The number of hydrogen-bond acceptors (Lipinski definition) is 7. The molecule has 0 spiro atoms. The van der Waals surface area contributed by atoms with Crippen LogP contribution in [0.15, 0.2) is 32.0 Å². The van der Waals surface area contributed by atoms with E-state index in [2.05, 4.69) is 0 Å². The van der Waals surface area contributed by atoms with Crippen molar-refractivity contribution < 1.29 is 9.85 Å². The molecule has 0 bridgehead atoms. The lowest BCUT2D eigenvalue weighted by molar-refractivity contribution is -0.387. The first-order valence-electron chi connectivity index (χ1n) is 4.22. The summed E-state index contributed by atoms with van der Waals surface area (Å²) in [6.45, 7) is 0. The highest BCUT2D eigenvalue weighted by atomic mass is 32.2. The summed E-state index contributed by atoms with van der Waals surface area (Å²) in [5.74, 6) is 0. The number of nitro groups is 2. The van der Waals surface area contributed by atoms with Gasteiger partial charge in [-0.15, -0.1) is 11.3 Å². The molecule has 0 radical (unpaired) electrons. The molecule has 0 aliphatic heterocycles. The molecular weight excluding hydrogens is 284 g/mol. The maximum Gasteiger partial charge on any atom is 0.325 e. The minimum atomic E-state index is -0.475. The first kappa shape index (κ1) is 12.0. The van der Waals surface area contributed by atoms with Crippen LogP contribution in [0.2, 0.25) is 0 Å². The van der Waals surface area contributed by atoms with Gasteiger partial charge in [-0.25, -0.2) is 0 Å². The smallest absolute Gasteiger partial charge is 0.258 e. The molecule has 2 aromatic heterocycles. The normalized spacial score (nSPS) is 10.4. The number of hydrogen-bond donors (Lipinski definition) is 0. The van der Waals surface area contributed by atoms with Gasteiger partial charge in [0.05, 0.1) is 14.1 Å². The Morgan fingerprint density at radius 2 is 1.88 bits per heavy atom. The second-order valence-corrected chi connectivity index (χ2v) is 6.35. The van der Waals surface area contributed by atoms with E-state index in [4.69, 9.17) is 0 Å². The van der Waals surface area contributed by atoms with Gasteiger partial charge in [-0.3, -0.25) is 20.2 Å². The van der Waals surface area contributed by atoms with Crippen LogP contribution in [0.4, 0.5) is 10.7 Å². The summed E-state index contributed by atoms with van der Waals surface area (Å²) < 4.78 is 1.20. The Hall–Kier alpha value is -1.45. The third-order valence-electron chi connectivity index (χ3n) is 1.75. The molecule has 0 saturated carbocycles. The molecule has 2 rings (SSSR count). The Morgan fingerprint density at radius 1 is 1.12 bits per heavy atom. The van der Waals surface area contributed by atoms with E-state index in [0.29, 0.717) is 8.42 Å². The van der Waals surface area contributed by atoms with Crippen molar-refractivity contribution in [2.75, 3.05) is 0 Å². The zero-order valence-electron chi connectivity index (χ0n) is 8.06. The van der Waals surface area contributed by atoms with Crippen molar-refractivity contribution in [3.05, 3.63) is 43.8 Å². The number of nitrogens with zero attached hydrogens (tertiary/aromatic N) is 2. The summed E-state index contributed by atoms with van der Waals surface area (Å²) in [7, 11) is 0. The van der Waals surface area contributed by atoms with Gasteiger partial charge in [-0.1, -0.05) is 23.1 Å². The van der Waals surface area contributed by atoms with Gasteiger partial charge in [0, 0.05) is 12.1 Å². The third-order valence-corrected chi connectivity index (χ3v) is 5.04. The minimum absolute atomic E-state index is 0.0340. The molecule has 6 nitrogen and oxygen atoms in total. The molecule has 0 fully saturated rings. The molecule has 0 saturated heterocycles. The molecule has 88 valence electrons. The fraction of sp³-hybridized carbons (Fsp3) is 0. The largest absolute Gasteiger partial charge is 0.325 e. The van der Waals surface area contributed by atoms with E-state index in [9.17, 15) is 20.2 Å². The van der Waals surface area contributed by atoms with E-state index >= 15 is 0 Å². The van der Waals surface area contributed by atoms with Crippen molar-refractivity contribution in [3.63, 3.8) is 0 Å². The maximum absolute atomic E-state index is 10.7. The first-order chi connectivity index (χ1) is 8.08. The van der Waals surface area contributed by atoms with E-state index in [1.165, 1.54) is 35.2 Å². The summed E-state index contributed by atoms with van der Waals surface area (Å²) in [4.78, 5) is 20.2. The second kappa shape index (κ2) is 4.82. The third kappa shape index (κ3) is 2.62. The van der Waals surface area contributed by atoms with Crippen LogP contribution < -0.4 is 0 Å². The number of thiophene rings is 2. The number of rotatable bonds is 4. The zero-order valence-corrected chi connectivity index (χ0v) is 10.5. The van der Waals surface area contributed by atoms with Crippen LogP contribution in [-0.4, -0.2) is 9.85 Å². The highest BCUT2D eigenvalue weighted by molar-refractivity contribution is 8.03. The van der Waals surface area contributed by atoms with Crippen LogP contribution in [-0.2, 0) is 0 Å². The molecule has 9 heteroatoms. The van der Waals surface area contributed by atoms with E-state index in [0.717, 1.165) is 11.3 Å². The van der Waals surface area contributed by atoms with Crippen molar-refractivity contribution in [2.24, 2.45) is 0 Å². The Bertz CT molecular complexity index is 577. The van der Waals surface area contributed by atoms with Crippen LogP contribution in [0.5, 0.6) is 0 Å². The average molecular weight is 288 g/mol. The fourth-order valence-corrected chi connectivity index (χ4v) is 4.22. The van der Waals surface area contributed by atoms with Gasteiger partial charge in [-0.05, 0) is 11.4 Å². The van der Waals surface area contributed by atoms with Crippen LogP contribution >= 0.6 is 34.4 Å². The zero-order chi connectivity index (χ0) is 12.4. The topological polar surface area (TPSA) is 86.3 Å². The van der Waals surface area contributed by atoms with Crippen LogP contribution in [0.25, 0.3) is 0 Å². The van der Waals surface area contributed by atoms with Gasteiger partial charge in [0.25, 0.3) is 5.69 Å². The summed E-state index contributed by atoms with van der Waals surface area (Å²) in [6, 6.07) is 4.42. The van der Waals surface area contributed by atoms with Crippen LogP contribution in [0.3, 0.4) is 0 Å². The van der Waals surface area contributed by atoms with E-state index in [1.807, 2.05) is 0 Å². The molecule has 0 N–H and O–H groups in total. The Labute approximate surface area is 107 Å². The lowest BCUT2D eigenvalue weighted by Crippen LogP contribution is -1.85. The van der Waals surface area contributed by atoms with E-state index < -0.39 is 9.85 Å². The van der Waals surface area contributed by atoms with Crippen LogP contribution in [0, 0.1) is 20.2 Å². The quantitative estimate of drug-likeness (QED) is 0.631. The molecule has 0 atom stereocenters. The van der Waals surface area contributed by atoms with Crippen LogP contribution in [0.1, 0.15) is 0 Å². The van der Waals surface area contributed by atoms with Crippen molar-refractivity contribution in [3.8, 4) is 0 Å². The average Bonchev–Trinajstić information content (AvgIpc) is 2.86. The molecule has 2 heterocycles. The van der Waals surface area contributed by atoms with Gasteiger partial charge in [-0.2, -0.15) is 0 Å². The molecule has 17 heavy (non-hydrogen) atoms. The van der Waals surface area contributed by atoms with Crippen molar-refractivity contribution >= 4 is 45.1 Å². The molecule has 0 unspecified atom stereocenters. The molecular formula is C8H4N2O4S3. The highest BCUT2D eigenvalue weighted by Crippen LogP contribution is 2.42. The minimum Gasteiger partial charge on any atom is -0.258 e. The van der Waals surface area contributed by atoms with E-state index in [1.54, 1.807) is 11.4 Å². The Balaban J connectivity index is 2.22. The second-order valence-electron chi connectivity index (χ2n) is 2.80. The first-order valence-corrected chi connectivity index (χ1v) is 6.73. The monoisotopic (exact) mass is 288 g/mol. The van der Waals surface area contributed by atoms with Gasteiger partial charge in [0.2, 0.25) is 0 Å². The predicted octanol–water partition coefficient (Wildman–Crippen LogP) is 3.78. The summed E-state index contributed by atoms with van der Waals surface area (Å²) in [5.41, 5.74) is 0.0380. The standard InChI is InChI=1S/C8H4N2O4S3/c11-9(12)5-3-4-15-8(5)17-7-2-1-6(16-7)10(13)14/h1-4H. The van der Waals surface area contributed by atoms with Crippen molar-refractivity contribution in [1.29, 1.82) is 0 Å². The van der Waals surface area contributed by atoms with Crippen molar-refractivity contribution in [1.82, 2.24) is 0 Å². The Kier molecular flexibility index (Phi) is 3.41. The lowest BCUT2D eigenvalue weighted by Gasteiger charge is -1.92. The van der Waals surface area contributed by atoms with Gasteiger partial charge in [0.15, 0.2) is 0 Å². The molecule has 0 aliphatic rings. The summed E-state index contributed by atoms with van der Waals surface area (Å²) >= 11 is 3.43. The van der Waals surface area contributed by atoms with Crippen molar-refractivity contribution in [2.45, 2.75) is 8.42 Å². The highest BCUT2D eigenvalue weighted by Gasteiger charge is 2.18. The molecule has 0 aliphatic carbocycles. The summed E-state index contributed by atoms with van der Waals surface area (Å²) in [5, 5.41) is 22.8. The molecule has 0 amide bonds. The molecule has 0 aromatic carbocycles. The maximum atomic E-state index is 10.7. The fourth-order valence-electron chi connectivity index (χ4n) is 1.06. The van der Waals surface area contributed by atoms with Gasteiger partial charge < -0.3 is 0 Å². The Morgan fingerprint density at radius 3 is 2.47 bits per heavy atom. The van der Waals surface area contributed by atoms with Gasteiger partial charge in [0.1, 0.15) is 4.21 Å². The molecule has 2 aromatic rings. The predicted molar refractivity (Wildman–Crippen MR) is 66.1 cm³/mol. The lowest BCUT2D eigenvalue weighted by atomic mass is 10.6.